The lowest BCUT2D eigenvalue weighted by atomic mass is 10.0. The fraction of sp³-hybridized carbons (Fsp3) is 0.316. The van der Waals surface area contributed by atoms with E-state index in [0.29, 0.717) is 11.3 Å². The van der Waals surface area contributed by atoms with Crippen LogP contribution in [0.25, 0.3) is 0 Å². The van der Waals surface area contributed by atoms with Gasteiger partial charge in [0.25, 0.3) is 5.91 Å². The van der Waals surface area contributed by atoms with Crippen molar-refractivity contribution in [2.24, 2.45) is 5.92 Å². The third kappa shape index (κ3) is 5.06. The average Bonchev–Trinajstić information content (AvgIpc) is 2.59. The van der Waals surface area contributed by atoms with E-state index in [1.165, 1.54) is 12.1 Å². The maximum Gasteiger partial charge on any atom is 0.251 e. The summed E-state index contributed by atoms with van der Waals surface area (Å²) in [6.07, 6.45) is 0. The molecule has 1 amide bonds. The first-order chi connectivity index (χ1) is 11.5. The Morgan fingerprint density at radius 1 is 1.21 bits per heavy atom. The summed E-state index contributed by atoms with van der Waals surface area (Å²) in [6.45, 7) is 3.99. The van der Waals surface area contributed by atoms with Gasteiger partial charge < -0.3 is 15.2 Å². The van der Waals surface area contributed by atoms with Crippen LogP contribution in [0.4, 0.5) is 4.39 Å². The standard InChI is InChI=1S/C19H22FNO3/c1-13(11-22)14(2)21-19(23)16-6-3-5-15(9-16)12-24-18-8-4-7-17(20)10-18/h3-10,13-14,22H,11-12H2,1-2H3,(H,21,23). The molecule has 2 unspecified atom stereocenters. The molecular formula is C19H22FNO3. The van der Waals surface area contributed by atoms with E-state index in [-0.39, 0.29) is 36.9 Å². The van der Waals surface area contributed by atoms with Gasteiger partial charge in [0.2, 0.25) is 0 Å². The van der Waals surface area contributed by atoms with Crippen LogP contribution >= 0.6 is 0 Å². The van der Waals surface area contributed by atoms with Gasteiger partial charge in [-0.05, 0) is 42.7 Å². The monoisotopic (exact) mass is 331 g/mol. The van der Waals surface area contributed by atoms with Crippen LogP contribution in [-0.2, 0) is 6.61 Å². The van der Waals surface area contributed by atoms with Gasteiger partial charge in [0.15, 0.2) is 0 Å². The van der Waals surface area contributed by atoms with Crippen LogP contribution in [0.1, 0.15) is 29.8 Å². The number of rotatable bonds is 7. The quantitative estimate of drug-likeness (QED) is 0.819. The van der Waals surface area contributed by atoms with Gasteiger partial charge in [-0.15, -0.1) is 0 Å². The van der Waals surface area contributed by atoms with Crippen LogP contribution in [0.5, 0.6) is 5.75 Å². The fourth-order valence-electron chi connectivity index (χ4n) is 2.12. The Morgan fingerprint density at radius 3 is 2.67 bits per heavy atom. The van der Waals surface area contributed by atoms with Crippen molar-refractivity contribution < 1.29 is 19.0 Å². The number of amides is 1. The Bertz CT molecular complexity index is 690. The highest BCUT2D eigenvalue weighted by molar-refractivity contribution is 5.94. The van der Waals surface area contributed by atoms with Crippen LogP contribution in [0, 0.1) is 11.7 Å². The molecule has 2 aromatic carbocycles. The number of ether oxygens (including phenoxy) is 1. The van der Waals surface area contributed by atoms with E-state index in [1.54, 1.807) is 30.3 Å². The molecule has 0 fully saturated rings. The molecule has 5 heteroatoms. The number of hydrogen-bond acceptors (Lipinski definition) is 3. The minimum absolute atomic E-state index is 0.0168. The van der Waals surface area contributed by atoms with E-state index in [1.807, 2.05) is 19.9 Å². The topological polar surface area (TPSA) is 58.6 Å². The number of aliphatic hydroxyl groups excluding tert-OH is 1. The Balaban J connectivity index is 1.99. The molecule has 0 aromatic heterocycles. The summed E-state index contributed by atoms with van der Waals surface area (Å²) in [6, 6.07) is 12.9. The van der Waals surface area contributed by atoms with Gasteiger partial charge in [0.05, 0.1) is 0 Å². The van der Waals surface area contributed by atoms with Crippen LogP contribution in [0.3, 0.4) is 0 Å². The van der Waals surface area contributed by atoms with E-state index >= 15 is 0 Å². The second-order valence-electron chi connectivity index (χ2n) is 5.87. The van der Waals surface area contributed by atoms with Crippen molar-refractivity contribution in [3.05, 3.63) is 65.5 Å². The van der Waals surface area contributed by atoms with E-state index in [0.717, 1.165) is 5.56 Å². The summed E-state index contributed by atoms with van der Waals surface area (Å²) in [7, 11) is 0. The number of hydrogen-bond donors (Lipinski definition) is 2. The second kappa shape index (κ2) is 8.45. The molecule has 0 aliphatic heterocycles. The molecule has 0 spiro atoms. The molecule has 0 radical (unpaired) electrons. The maximum atomic E-state index is 13.1. The average molecular weight is 331 g/mol. The van der Waals surface area contributed by atoms with Gasteiger partial charge in [-0.2, -0.15) is 0 Å². The predicted molar refractivity (Wildman–Crippen MR) is 90.4 cm³/mol. The zero-order valence-corrected chi connectivity index (χ0v) is 13.8. The highest BCUT2D eigenvalue weighted by Gasteiger charge is 2.15. The molecule has 0 heterocycles. The lowest BCUT2D eigenvalue weighted by molar-refractivity contribution is 0.0916. The van der Waals surface area contributed by atoms with Crippen LogP contribution in [-0.4, -0.2) is 23.7 Å². The molecule has 128 valence electrons. The van der Waals surface area contributed by atoms with Crippen molar-refractivity contribution in [2.45, 2.75) is 26.5 Å². The third-order valence-electron chi connectivity index (χ3n) is 3.89. The van der Waals surface area contributed by atoms with Crippen molar-refractivity contribution >= 4 is 5.91 Å². The van der Waals surface area contributed by atoms with Gasteiger partial charge in [-0.3, -0.25) is 4.79 Å². The molecule has 0 aliphatic carbocycles. The van der Waals surface area contributed by atoms with Crippen molar-refractivity contribution in [3.63, 3.8) is 0 Å². The van der Waals surface area contributed by atoms with Crippen molar-refractivity contribution in [2.75, 3.05) is 6.61 Å². The van der Waals surface area contributed by atoms with Crippen molar-refractivity contribution in [1.29, 1.82) is 0 Å². The lowest BCUT2D eigenvalue weighted by Crippen LogP contribution is -2.38. The molecule has 2 atom stereocenters. The smallest absolute Gasteiger partial charge is 0.251 e. The number of carbonyl (C=O) groups is 1. The Morgan fingerprint density at radius 2 is 1.96 bits per heavy atom. The van der Waals surface area contributed by atoms with Gasteiger partial charge in [-0.1, -0.05) is 25.1 Å². The first-order valence-electron chi connectivity index (χ1n) is 7.88. The van der Waals surface area contributed by atoms with Crippen LogP contribution in [0.15, 0.2) is 48.5 Å². The van der Waals surface area contributed by atoms with Gasteiger partial charge in [-0.25, -0.2) is 4.39 Å². The number of aliphatic hydroxyl groups is 1. The van der Waals surface area contributed by atoms with Crippen molar-refractivity contribution in [3.8, 4) is 5.75 Å². The summed E-state index contributed by atoms with van der Waals surface area (Å²) >= 11 is 0. The summed E-state index contributed by atoms with van der Waals surface area (Å²) < 4.78 is 18.7. The maximum absolute atomic E-state index is 13.1. The normalized spacial score (nSPS) is 13.2. The minimum Gasteiger partial charge on any atom is -0.489 e. The molecule has 0 aliphatic rings. The Hall–Kier alpha value is -2.40. The van der Waals surface area contributed by atoms with Crippen molar-refractivity contribution in [1.82, 2.24) is 5.32 Å². The van der Waals surface area contributed by atoms with E-state index in [4.69, 9.17) is 9.84 Å². The van der Waals surface area contributed by atoms with E-state index in [9.17, 15) is 9.18 Å². The molecule has 0 bridgehead atoms. The minimum atomic E-state index is -0.354. The highest BCUT2D eigenvalue weighted by Crippen LogP contribution is 2.15. The highest BCUT2D eigenvalue weighted by atomic mass is 19.1. The first-order valence-corrected chi connectivity index (χ1v) is 7.88. The molecule has 0 saturated carbocycles. The van der Waals surface area contributed by atoms with Crippen LogP contribution < -0.4 is 10.1 Å². The molecule has 2 N–H and O–H groups in total. The zero-order chi connectivity index (χ0) is 17.5. The first kappa shape index (κ1) is 17.9. The van der Waals surface area contributed by atoms with Gasteiger partial charge in [0, 0.05) is 24.3 Å². The Labute approximate surface area is 141 Å². The fourth-order valence-corrected chi connectivity index (χ4v) is 2.12. The lowest BCUT2D eigenvalue weighted by Gasteiger charge is -2.19. The van der Waals surface area contributed by atoms with Gasteiger partial charge >= 0.3 is 0 Å². The van der Waals surface area contributed by atoms with Crippen LogP contribution in [0.2, 0.25) is 0 Å². The van der Waals surface area contributed by atoms with E-state index < -0.39 is 0 Å². The zero-order valence-electron chi connectivity index (χ0n) is 13.8. The number of benzene rings is 2. The summed E-state index contributed by atoms with van der Waals surface area (Å²) in [4.78, 5) is 12.3. The molecule has 2 aromatic rings. The summed E-state index contributed by atoms with van der Waals surface area (Å²) in [5, 5.41) is 12.0. The largest absolute Gasteiger partial charge is 0.489 e. The number of nitrogens with one attached hydrogen (secondary N) is 1. The second-order valence-corrected chi connectivity index (χ2v) is 5.87. The predicted octanol–water partition coefficient (Wildman–Crippen LogP) is 3.15. The third-order valence-corrected chi connectivity index (χ3v) is 3.89. The summed E-state index contributed by atoms with van der Waals surface area (Å²) in [5.74, 6) is -0.133. The SMILES string of the molecule is CC(CO)C(C)NC(=O)c1cccc(COc2cccc(F)c2)c1. The molecule has 0 saturated heterocycles. The molecular weight excluding hydrogens is 309 g/mol. The molecule has 24 heavy (non-hydrogen) atoms. The number of carbonyl (C=O) groups excluding carboxylic acids is 1. The number of halogens is 1. The molecule has 4 nitrogen and oxygen atoms in total. The molecule has 2 rings (SSSR count). The van der Waals surface area contributed by atoms with E-state index in [2.05, 4.69) is 5.32 Å². The Kier molecular flexibility index (Phi) is 6.32. The van der Waals surface area contributed by atoms with Gasteiger partial charge in [0.1, 0.15) is 18.2 Å². The summed E-state index contributed by atoms with van der Waals surface area (Å²) in [5.41, 5.74) is 1.34.